The third kappa shape index (κ3) is 5.86. The lowest BCUT2D eigenvalue weighted by molar-refractivity contribution is -0.274. The van der Waals surface area contributed by atoms with E-state index in [0.29, 0.717) is 16.2 Å². The van der Waals surface area contributed by atoms with Crippen LogP contribution in [0.2, 0.25) is 0 Å². The summed E-state index contributed by atoms with van der Waals surface area (Å²) in [6.07, 6.45) is -9.69. The molecule has 0 fully saturated rings. The van der Waals surface area contributed by atoms with Gasteiger partial charge in [0.05, 0.1) is 20.2 Å². The minimum Gasteiger partial charge on any atom is -0.494 e. The van der Waals surface area contributed by atoms with Crippen LogP contribution in [0.3, 0.4) is 0 Å². The third-order valence-corrected chi connectivity index (χ3v) is 5.90. The number of fused-ring (bicyclic) bond motifs is 1. The number of aromatic nitrogens is 2. The predicted molar refractivity (Wildman–Crippen MR) is 127 cm³/mol. The van der Waals surface area contributed by atoms with Crippen molar-refractivity contribution < 1.29 is 45.4 Å². The van der Waals surface area contributed by atoms with Gasteiger partial charge in [0.1, 0.15) is 34.1 Å². The molecule has 2 aromatic carbocycles. The average molecular weight is 556 g/mol. The van der Waals surface area contributed by atoms with Crippen molar-refractivity contribution in [1.82, 2.24) is 9.97 Å². The van der Waals surface area contributed by atoms with E-state index in [1.807, 2.05) is 0 Å². The largest absolute Gasteiger partial charge is 0.573 e. The predicted octanol–water partition coefficient (Wildman–Crippen LogP) is 6.29. The number of oxazole rings is 1. The highest BCUT2D eigenvalue weighted by molar-refractivity contribution is 5.96. The Labute approximate surface area is 217 Å². The molecule has 2 heterocycles. The number of anilines is 1. The van der Waals surface area contributed by atoms with E-state index in [9.17, 15) is 31.5 Å². The number of aryl methyl sites for hydroxylation is 2. The van der Waals surface area contributed by atoms with E-state index in [1.54, 1.807) is 13.8 Å². The molecule has 0 atom stereocenters. The van der Waals surface area contributed by atoms with Gasteiger partial charge < -0.3 is 19.6 Å². The molecule has 39 heavy (non-hydrogen) atoms. The molecule has 0 bridgehead atoms. The Morgan fingerprint density at radius 1 is 0.974 bits per heavy atom. The first-order chi connectivity index (χ1) is 18.2. The summed E-state index contributed by atoms with van der Waals surface area (Å²) in [7, 11) is 1.28. The Balaban J connectivity index is 1.75. The Kier molecular flexibility index (Phi) is 7.36. The lowest BCUT2D eigenvalue weighted by Gasteiger charge is -2.22. The molecular formula is C25H22F6N4O4. The van der Waals surface area contributed by atoms with Crippen molar-refractivity contribution in [3.63, 3.8) is 0 Å². The van der Waals surface area contributed by atoms with Gasteiger partial charge in [-0.15, -0.1) is 13.2 Å². The number of ether oxygens (including phenoxy) is 2. The molecule has 4 aromatic rings. The van der Waals surface area contributed by atoms with Crippen LogP contribution in [0.25, 0.3) is 22.4 Å². The normalized spacial score (nSPS) is 12.2. The Bertz CT molecular complexity index is 1520. The number of rotatable bonds is 7. The number of halogens is 6. The van der Waals surface area contributed by atoms with Crippen LogP contribution in [0, 0.1) is 13.8 Å². The SMILES string of the molecule is COc1ccc(-c2nc(CN(O)c3cc(C)c(C)cc3OC(F)(F)F)c(CN)o2)c2ccc(C(F)(F)F)nc12. The fourth-order valence-corrected chi connectivity index (χ4v) is 3.89. The van der Waals surface area contributed by atoms with Crippen LogP contribution < -0.4 is 20.3 Å². The first-order valence-corrected chi connectivity index (χ1v) is 11.3. The molecular weight excluding hydrogens is 534 g/mol. The number of hydroxylamine groups is 1. The first kappa shape index (κ1) is 28.0. The van der Waals surface area contributed by atoms with Crippen molar-refractivity contribution in [2.75, 3.05) is 12.2 Å². The zero-order valence-corrected chi connectivity index (χ0v) is 20.7. The molecule has 2 aromatic heterocycles. The molecule has 0 spiro atoms. The highest BCUT2D eigenvalue weighted by Gasteiger charge is 2.34. The van der Waals surface area contributed by atoms with E-state index in [2.05, 4.69) is 14.7 Å². The van der Waals surface area contributed by atoms with Crippen molar-refractivity contribution in [1.29, 1.82) is 0 Å². The molecule has 0 radical (unpaired) electrons. The lowest BCUT2D eigenvalue weighted by atomic mass is 10.1. The fraction of sp³-hybridized carbons (Fsp3) is 0.280. The highest BCUT2D eigenvalue weighted by Crippen LogP contribution is 2.38. The van der Waals surface area contributed by atoms with Crippen molar-refractivity contribution in [2.24, 2.45) is 5.73 Å². The quantitative estimate of drug-likeness (QED) is 0.202. The monoisotopic (exact) mass is 556 g/mol. The Morgan fingerprint density at radius 3 is 2.28 bits per heavy atom. The van der Waals surface area contributed by atoms with E-state index in [0.717, 1.165) is 12.1 Å². The molecule has 0 unspecified atom stereocenters. The summed E-state index contributed by atoms with van der Waals surface area (Å²) in [6.45, 7) is 2.60. The van der Waals surface area contributed by atoms with Gasteiger partial charge in [0.2, 0.25) is 5.89 Å². The molecule has 0 amide bonds. The van der Waals surface area contributed by atoms with E-state index < -0.39 is 30.5 Å². The van der Waals surface area contributed by atoms with Gasteiger partial charge in [-0.3, -0.25) is 5.21 Å². The van der Waals surface area contributed by atoms with Gasteiger partial charge >= 0.3 is 12.5 Å². The maximum Gasteiger partial charge on any atom is 0.573 e. The fourth-order valence-electron chi connectivity index (χ4n) is 3.89. The van der Waals surface area contributed by atoms with Gasteiger partial charge in [0, 0.05) is 10.9 Å². The summed E-state index contributed by atoms with van der Waals surface area (Å²) < 4.78 is 93.7. The van der Waals surface area contributed by atoms with Gasteiger partial charge in [-0.2, -0.15) is 13.2 Å². The minimum absolute atomic E-state index is 0.0556. The lowest BCUT2D eigenvalue weighted by Crippen LogP contribution is -2.23. The standard InChI is InChI=1S/C25H22F6N4O4/c1-12-8-17(19(9-13(12)2)39-25(29,30)31)35(36)11-16-20(10-32)38-23(33-16)15-4-6-18(37-3)22-14(15)5-7-21(34-22)24(26,27)28/h4-9,36H,10-11,32H2,1-3H3. The Hall–Kier alpha value is -4.04. The summed E-state index contributed by atoms with van der Waals surface area (Å²) in [6, 6.07) is 7.36. The maximum absolute atomic E-state index is 13.3. The smallest absolute Gasteiger partial charge is 0.494 e. The number of nitrogens with two attached hydrogens (primary N) is 1. The molecule has 0 saturated carbocycles. The molecule has 14 heteroatoms. The zero-order valence-electron chi connectivity index (χ0n) is 20.7. The van der Waals surface area contributed by atoms with E-state index >= 15 is 0 Å². The summed E-state index contributed by atoms with van der Waals surface area (Å²) in [4.78, 5) is 8.03. The van der Waals surface area contributed by atoms with Crippen LogP contribution in [0.1, 0.15) is 28.3 Å². The molecule has 3 N–H and O–H groups in total. The number of pyridine rings is 1. The van der Waals surface area contributed by atoms with Crippen molar-refractivity contribution in [3.05, 3.63) is 64.7 Å². The Morgan fingerprint density at radius 2 is 1.67 bits per heavy atom. The van der Waals surface area contributed by atoms with E-state index in [4.69, 9.17) is 14.9 Å². The number of hydrogen-bond donors (Lipinski definition) is 2. The van der Waals surface area contributed by atoms with E-state index in [1.165, 1.54) is 31.4 Å². The third-order valence-electron chi connectivity index (χ3n) is 5.90. The molecule has 0 aliphatic heterocycles. The van der Waals surface area contributed by atoms with Crippen LogP contribution >= 0.6 is 0 Å². The minimum atomic E-state index is -5.00. The molecule has 0 saturated heterocycles. The summed E-state index contributed by atoms with van der Waals surface area (Å²) in [5.74, 6) is -0.507. The summed E-state index contributed by atoms with van der Waals surface area (Å²) in [5, 5.41) is 11.5. The summed E-state index contributed by atoms with van der Waals surface area (Å²) >= 11 is 0. The second kappa shape index (κ2) is 10.3. The van der Waals surface area contributed by atoms with Crippen LogP contribution in [0.15, 0.2) is 40.8 Å². The number of alkyl halides is 6. The first-order valence-electron chi connectivity index (χ1n) is 11.3. The molecule has 0 aliphatic rings. The van der Waals surface area contributed by atoms with Gasteiger partial charge in [-0.05, 0) is 61.4 Å². The number of hydrogen-bond acceptors (Lipinski definition) is 8. The second-order valence-corrected chi connectivity index (χ2v) is 8.51. The van der Waals surface area contributed by atoms with Crippen molar-refractivity contribution in [2.45, 2.75) is 39.5 Å². The zero-order chi connectivity index (χ0) is 28.7. The van der Waals surface area contributed by atoms with Gasteiger partial charge in [0.15, 0.2) is 5.75 Å². The molecule has 4 rings (SSSR count). The van der Waals surface area contributed by atoms with Gasteiger partial charge in [-0.25, -0.2) is 15.0 Å². The van der Waals surface area contributed by atoms with Crippen LogP contribution in [0.5, 0.6) is 11.5 Å². The maximum atomic E-state index is 13.3. The van der Waals surface area contributed by atoms with Crippen LogP contribution in [-0.4, -0.2) is 28.6 Å². The van der Waals surface area contributed by atoms with Gasteiger partial charge in [0.25, 0.3) is 0 Å². The van der Waals surface area contributed by atoms with Crippen LogP contribution in [-0.2, 0) is 19.3 Å². The average Bonchev–Trinajstić information content (AvgIpc) is 3.25. The van der Waals surface area contributed by atoms with Crippen molar-refractivity contribution in [3.8, 4) is 23.0 Å². The van der Waals surface area contributed by atoms with Gasteiger partial charge in [-0.1, -0.05) is 0 Å². The highest BCUT2D eigenvalue weighted by atomic mass is 19.4. The number of nitrogens with zero attached hydrogens (tertiary/aromatic N) is 3. The molecule has 0 aliphatic carbocycles. The number of methoxy groups -OCH3 is 1. The molecule has 8 nitrogen and oxygen atoms in total. The summed E-state index contributed by atoms with van der Waals surface area (Å²) in [5.41, 5.74) is 5.72. The molecule has 208 valence electrons. The van der Waals surface area contributed by atoms with Crippen molar-refractivity contribution >= 4 is 16.6 Å². The van der Waals surface area contributed by atoms with Crippen LogP contribution in [0.4, 0.5) is 32.0 Å². The second-order valence-electron chi connectivity index (χ2n) is 8.51. The number of benzene rings is 2. The van der Waals surface area contributed by atoms with E-state index in [-0.39, 0.29) is 51.8 Å². The topological polar surface area (TPSA) is 107 Å².